The Bertz CT molecular complexity index is 400. The molecule has 1 aliphatic rings. The number of anilines is 1. The standard InChI is InChI=1S/C14H19NO3/c15-12-6-3-7-13(8-12)17-10-14(16)18-9-11-4-1-2-5-11/h3,6-8,11H,1-2,4-5,9-10,15H2. The average molecular weight is 249 g/mol. The van der Waals surface area contributed by atoms with Gasteiger partial charge in [-0.05, 0) is 30.9 Å². The zero-order chi connectivity index (χ0) is 12.8. The first kappa shape index (κ1) is 12.7. The van der Waals surface area contributed by atoms with Crippen LogP contribution in [0, 0.1) is 5.92 Å². The third-order valence-electron chi connectivity index (χ3n) is 3.17. The summed E-state index contributed by atoms with van der Waals surface area (Å²) in [5.41, 5.74) is 6.23. The SMILES string of the molecule is Nc1cccc(OCC(=O)OCC2CCCC2)c1. The van der Waals surface area contributed by atoms with E-state index in [1.807, 2.05) is 0 Å². The second-order valence-corrected chi connectivity index (χ2v) is 4.69. The molecule has 0 heterocycles. The van der Waals surface area contributed by atoms with Crippen molar-refractivity contribution < 1.29 is 14.3 Å². The Labute approximate surface area is 107 Å². The molecule has 0 aliphatic heterocycles. The van der Waals surface area contributed by atoms with Gasteiger partial charge in [0.2, 0.25) is 0 Å². The lowest BCUT2D eigenvalue weighted by Crippen LogP contribution is -2.18. The third-order valence-corrected chi connectivity index (χ3v) is 3.17. The Kier molecular flexibility index (Phi) is 4.45. The van der Waals surface area contributed by atoms with Gasteiger partial charge in [-0.1, -0.05) is 18.9 Å². The van der Waals surface area contributed by atoms with Crippen molar-refractivity contribution in [3.8, 4) is 5.75 Å². The lowest BCUT2D eigenvalue weighted by atomic mass is 10.1. The van der Waals surface area contributed by atoms with Crippen LogP contribution >= 0.6 is 0 Å². The smallest absolute Gasteiger partial charge is 0.344 e. The summed E-state index contributed by atoms with van der Waals surface area (Å²) in [5, 5.41) is 0. The van der Waals surface area contributed by atoms with Crippen molar-refractivity contribution >= 4 is 11.7 Å². The minimum atomic E-state index is -0.315. The van der Waals surface area contributed by atoms with Crippen LogP contribution in [0.3, 0.4) is 0 Å². The van der Waals surface area contributed by atoms with Gasteiger partial charge in [0.1, 0.15) is 5.75 Å². The number of benzene rings is 1. The highest BCUT2D eigenvalue weighted by Crippen LogP contribution is 2.24. The summed E-state index contributed by atoms with van der Waals surface area (Å²) in [5.74, 6) is 0.818. The van der Waals surface area contributed by atoms with Gasteiger partial charge in [-0.3, -0.25) is 0 Å². The number of hydrogen-bond donors (Lipinski definition) is 1. The predicted octanol–water partition coefficient (Wildman–Crippen LogP) is 2.38. The molecule has 18 heavy (non-hydrogen) atoms. The molecular weight excluding hydrogens is 230 g/mol. The van der Waals surface area contributed by atoms with Gasteiger partial charge in [0.25, 0.3) is 0 Å². The molecule has 0 aromatic heterocycles. The molecule has 2 rings (SSSR count). The minimum Gasteiger partial charge on any atom is -0.482 e. The Balaban J connectivity index is 1.68. The van der Waals surface area contributed by atoms with Crippen LogP contribution in [0.2, 0.25) is 0 Å². The molecule has 1 saturated carbocycles. The molecular formula is C14H19NO3. The number of ether oxygens (including phenoxy) is 2. The molecule has 1 aliphatic carbocycles. The molecule has 0 unspecified atom stereocenters. The second kappa shape index (κ2) is 6.28. The number of esters is 1. The highest BCUT2D eigenvalue weighted by Gasteiger charge is 2.17. The molecule has 0 bridgehead atoms. The van der Waals surface area contributed by atoms with Gasteiger partial charge in [0, 0.05) is 11.8 Å². The molecule has 0 atom stereocenters. The summed E-state index contributed by atoms with van der Waals surface area (Å²) in [6.07, 6.45) is 4.84. The fraction of sp³-hybridized carbons (Fsp3) is 0.500. The summed E-state index contributed by atoms with van der Waals surface area (Å²) in [7, 11) is 0. The van der Waals surface area contributed by atoms with E-state index in [2.05, 4.69) is 0 Å². The molecule has 4 heteroatoms. The van der Waals surface area contributed by atoms with Crippen LogP contribution < -0.4 is 10.5 Å². The number of hydrogen-bond acceptors (Lipinski definition) is 4. The van der Waals surface area contributed by atoms with E-state index >= 15 is 0 Å². The number of carbonyl (C=O) groups excluding carboxylic acids is 1. The maximum atomic E-state index is 11.5. The Morgan fingerprint density at radius 1 is 1.33 bits per heavy atom. The van der Waals surface area contributed by atoms with E-state index in [1.165, 1.54) is 25.7 Å². The van der Waals surface area contributed by atoms with E-state index < -0.39 is 0 Å². The highest BCUT2D eigenvalue weighted by atomic mass is 16.6. The Morgan fingerprint density at radius 2 is 2.11 bits per heavy atom. The fourth-order valence-electron chi connectivity index (χ4n) is 2.18. The van der Waals surface area contributed by atoms with Crippen LogP contribution in [-0.4, -0.2) is 19.2 Å². The Hall–Kier alpha value is -1.71. The maximum Gasteiger partial charge on any atom is 0.344 e. The summed E-state index contributed by atoms with van der Waals surface area (Å²) >= 11 is 0. The first-order valence-electron chi connectivity index (χ1n) is 6.38. The van der Waals surface area contributed by atoms with Crippen molar-refractivity contribution in [3.05, 3.63) is 24.3 Å². The molecule has 98 valence electrons. The lowest BCUT2D eigenvalue weighted by Gasteiger charge is -2.10. The topological polar surface area (TPSA) is 61.5 Å². The molecule has 0 amide bonds. The van der Waals surface area contributed by atoms with E-state index in [9.17, 15) is 4.79 Å². The summed E-state index contributed by atoms with van der Waals surface area (Å²) in [6.45, 7) is 0.468. The lowest BCUT2D eigenvalue weighted by molar-refractivity contribution is -0.147. The van der Waals surface area contributed by atoms with Gasteiger partial charge >= 0.3 is 5.97 Å². The molecule has 0 spiro atoms. The summed E-state index contributed by atoms with van der Waals surface area (Å²) < 4.78 is 10.5. The first-order valence-corrected chi connectivity index (χ1v) is 6.38. The maximum absolute atomic E-state index is 11.5. The van der Waals surface area contributed by atoms with Crippen molar-refractivity contribution in [2.75, 3.05) is 18.9 Å². The van der Waals surface area contributed by atoms with Crippen molar-refractivity contribution in [2.24, 2.45) is 5.92 Å². The molecule has 1 fully saturated rings. The minimum absolute atomic E-state index is 0.0594. The average Bonchev–Trinajstić information content (AvgIpc) is 2.87. The van der Waals surface area contributed by atoms with E-state index in [0.717, 1.165) is 0 Å². The zero-order valence-corrected chi connectivity index (χ0v) is 10.4. The van der Waals surface area contributed by atoms with E-state index in [1.54, 1.807) is 24.3 Å². The van der Waals surface area contributed by atoms with Gasteiger partial charge in [-0.15, -0.1) is 0 Å². The van der Waals surface area contributed by atoms with E-state index in [0.29, 0.717) is 24.0 Å². The zero-order valence-electron chi connectivity index (χ0n) is 10.4. The molecule has 2 N–H and O–H groups in total. The number of rotatable bonds is 5. The molecule has 1 aromatic rings. The largest absolute Gasteiger partial charge is 0.482 e. The third kappa shape index (κ3) is 3.95. The Morgan fingerprint density at radius 3 is 2.83 bits per heavy atom. The summed E-state index contributed by atoms with van der Waals surface area (Å²) in [4.78, 5) is 11.5. The number of nitrogen functional groups attached to an aromatic ring is 1. The monoisotopic (exact) mass is 249 g/mol. The van der Waals surface area contributed by atoms with Gasteiger partial charge in [0.05, 0.1) is 6.61 Å². The van der Waals surface area contributed by atoms with Crippen molar-refractivity contribution in [3.63, 3.8) is 0 Å². The van der Waals surface area contributed by atoms with Crippen LogP contribution in [0.15, 0.2) is 24.3 Å². The van der Waals surface area contributed by atoms with Crippen LogP contribution in [0.4, 0.5) is 5.69 Å². The van der Waals surface area contributed by atoms with E-state index in [-0.39, 0.29) is 12.6 Å². The van der Waals surface area contributed by atoms with Gasteiger partial charge < -0.3 is 15.2 Å². The van der Waals surface area contributed by atoms with Gasteiger partial charge in [0.15, 0.2) is 6.61 Å². The van der Waals surface area contributed by atoms with Gasteiger partial charge in [-0.25, -0.2) is 4.79 Å². The number of nitrogens with two attached hydrogens (primary N) is 1. The fourth-order valence-corrected chi connectivity index (χ4v) is 2.18. The molecule has 1 aromatic carbocycles. The second-order valence-electron chi connectivity index (χ2n) is 4.69. The van der Waals surface area contributed by atoms with Crippen LogP contribution in [-0.2, 0) is 9.53 Å². The van der Waals surface area contributed by atoms with Crippen molar-refractivity contribution in [1.82, 2.24) is 0 Å². The predicted molar refractivity (Wildman–Crippen MR) is 69.3 cm³/mol. The summed E-state index contributed by atoms with van der Waals surface area (Å²) in [6, 6.07) is 7.00. The van der Waals surface area contributed by atoms with Gasteiger partial charge in [-0.2, -0.15) is 0 Å². The van der Waals surface area contributed by atoms with Crippen molar-refractivity contribution in [1.29, 1.82) is 0 Å². The molecule has 0 radical (unpaired) electrons. The first-order chi connectivity index (χ1) is 8.74. The van der Waals surface area contributed by atoms with Crippen LogP contribution in [0.5, 0.6) is 5.75 Å². The molecule has 0 saturated heterocycles. The molecule has 4 nitrogen and oxygen atoms in total. The van der Waals surface area contributed by atoms with E-state index in [4.69, 9.17) is 15.2 Å². The van der Waals surface area contributed by atoms with Crippen LogP contribution in [0.25, 0.3) is 0 Å². The normalized spacial score (nSPS) is 15.6. The highest BCUT2D eigenvalue weighted by molar-refractivity contribution is 5.71. The van der Waals surface area contributed by atoms with Crippen molar-refractivity contribution in [2.45, 2.75) is 25.7 Å². The van der Waals surface area contributed by atoms with Crippen LogP contribution in [0.1, 0.15) is 25.7 Å². The quantitative estimate of drug-likeness (QED) is 0.643. The number of carbonyl (C=O) groups is 1.